The molecule has 2 aromatic rings. The van der Waals surface area contributed by atoms with Gasteiger partial charge in [0.25, 0.3) is 5.69 Å². The second kappa shape index (κ2) is 5.77. The number of fused-ring (bicyclic) bond motifs is 2. The maximum absolute atomic E-state index is 13.1. The number of nitrogens with zero attached hydrogens (tertiary/aromatic N) is 1. The number of ketones is 2. The van der Waals surface area contributed by atoms with E-state index in [0.717, 1.165) is 0 Å². The number of benzene rings is 2. The van der Waals surface area contributed by atoms with Crippen molar-refractivity contribution in [3.8, 4) is 0 Å². The number of nitro benzene ring substituents is 1. The van der Waals surface area contributed by atoms with Crippen LogP contribution in [0.5, 0.6) is 0 Å². The first-order valence-corrected chi connectivity index (χ1v) is 8.17. The van der Waals surface area contributed by atoms with Gasteiger partial charge in [0, 0.05) is 40.5 Å². The average molecular weight is 333 g/mol. The lowest BCUT2D eigenvalue weighted by Gasteiger charge is -2.36. The SMILES string of the molecule is O=C1c2ccccc2C(=O)C2C1CC=CC2c1ccccc1[N+](=O)[O-]. The van der Waals surface area contributed by atoms with E-state index in [4.69, 9.17) is 0 Å². The van der Waals surface area contributed by atoms with E-state index in [1.165, 1.54) is 6.07 Å². The van der Waals surface area contributed by atoms with Gasteiger partial charge in [-0.3, -0.25) is 19.7 Å². The van der Waals surface area contributed by atoms with Crippen LogP contribution in [0, 0.1) is 22.0 Å². The zero-order valence-electron chi connectivity index (χ0n) is 13.3. The van der Waals surface area contributed by atoms with Crippen LogP contribution in [0.1, 0.15) is 38.6 Å². The maximum atomic E-state index is 13.1. The highest BCUT2D eigenvalue weighted by atomic mass is 16.6. The van der Waals surface area contributed by atoms with E-state index in [1.807, 2.05) is 12.2 Å². The van der Waals surface area contributed by atoms with Crippen LogP contribution >= 0.6 is 0 Å². The van der Waals surface area contributed by atoms with E-state index in [0.29, 0.717) is 23.1 Å². The summed E-state index contributed by atoms with van der Waals surface area (Å²) in [7, 11) is 0. The van der Waals surface area contributed by atoms with Crippen molar-refractivity contribution < 1.29 is 14.5 Å². The third kappa shape index (κ3) is 2.31. The Balaban J connectivity index is 1.87. The molecule has 4 rings (SSSR count). The van der Waals surface area contributed by atoms with Crippen molar-refractivity contribution in [2.45, 2.75) is 12.3 Å². The third-order valence-corrected chi connectivity index (χ3v) is 5.14. The van der Waals surface area contributed by atoms with E-state index in [2.05, 4.69) is 0 Å². The van der Waals surface area contributed by atoms with Gasteiger partial charge in [-0.1, -0.05) is 54.6 Å². The Bertz CT molecular complexity index is 931. The molecule has 2 aromatic carbocycles. The molecule has 0 heterocycles. The molecule has 5 heteroatoms. The first kappa shape index (κ1) is 15.4. The van der Waals surface area contributed by atoms with Gasteiger partial charge in [-0.2, -0.15) is 0 Å². The molecule has 0 N–H and O–H groups in total. The molecule has 0 aliphatic heterocycles. The second-order valence-corrected chi connectivity index (χ2v) is 6.41. The molecule has 2 aliphatic carbocycles. The summed E-state index contributed by atoms with van der Waals surface area (Å²) in [5, 5.41) is 11.4. The summed E-state index contributed by atoms with van der Waals surface area (Å²) in [6, 6.07) is 13.3. The van der Waals surface area contributed by atoms with E-state index in [1.54, 1.807) is 42.5 Å². The summed E-state index contributed by atoms with van der Waals surface area (Å²) >= 11 is 0. The van der Waals surface area contributed by atoms with Crippen LogP contribution in [0.2, 0.25) is 0 Å². The molecule has 3 unspecified atom stereocenters. The van der Waals surface area contributed by atoms with Gasteiger partial charge in [0.2, 0.25) is 0 Å². The highest BCUT2D eigenvalue weighted by Crippen LogP contribution is 2.46. The van der Waals surface area contributed by atoms with Crippen LogP contribution in [-0.4, -0.2) is 16.5 Å². The summed E-state index contributed by atoms with van der Waals surface area (Å²) in [6.07, 6.45) is 4.19. The van der Waals surface area contributed by atoms with Gasteiger partial charge >= 0.3 is 0 Å². The van der Waals surface area contributed by atoms with Crippen LogP contribution in [0.15, 0.2) is 60.7 Å². The Kier molecular flexibility index (Phi) is 3.57. The van der Waals surface area contributed by atoms with Gasteiger partial charge in [0.05, 0.1) is 4.92 Å². The van der Waals surface area contributed by atoms with E-state index in [9.17, 15) is 19.7 Å². The number of hydrogen-bond donors (Lipinski definition) is 0. The highest BCUT2D eigenvalue weighted by Gasteiger charge is 2.46. The molecule has 0 aromatic heterocycles. The van der Waals surface area contributed by atoms with Crippen LogP contribution < -0.4 is 0 Å². The first-order valence-electron chi connectivity index (χ1n) is 8.17. The Morgan fingerprint density at radius 2 is 1.56 bits per heavy atom. The molecule has 0 saturated carbocycles. The Labute approximate surface area is 144 Å². The number of carbonyl (C=O) groups excluding carboxylic acids is 2. The lowest BCUT2D eigenvalue weighted by atomic mass is 9.63. The van der Waals surface area contributed by atoms with Gasteiger partial charge < -0.3 is 0 Å². The van der Waals surface area contributed by atoms with Gasteiger partial charge in [-0.15, -0.1) is 0 Å². The van der Waals surface area contributed by atoms with Crippen molar-refractivity contribution in [2.24, 2.45) is 11.8 Å². The van der Waals surface area contributed by atoms with Crippen LogP contribution in [-0.2, 0) is 0 Å². The lowest BCUT2D eigenvalue weighted by Crippen LogP contribution is -2.41. The molecule has 0 saturated heterocycles. The number of nitro groups is 1. The molecule has 0 spiro atoms. The van der Waals surface area contributed by atoms with E-state index >= 15 is 0 Å². The minimum absolute atomic E-state index is 0.0168. The molecule has 0 radical (unpaired) electrons. The summed E-state index contributed by atoms with van der Waals surface area (Å²) in [6.45, 7) is 0. The zero-order chi connectivity index (χ0) is 17.6. The van der Waals surface area contributed by atoms with E-state index in [-0.39, 0.29) is 17.3 Å². The van der Waals surface area contributed by atoms with Crippen molar-refractivity contribution in [1.29, 1.82) is 0 Å². The van der Waals surface area contributed by atoms with Crippen molar-refractivity contribution in [2.75, 3.05) is 0 Å². The molecule has 25 heavy (non-hydrogen) atoms. The molecule has 5 nitrogen and oxygen atoms in total. The fourth-order valence-electron chi connectivity index (χ4n) is 4.03. The fourth-order valence-corrected chi connectivity index (χ4v) is 4.03. The smallest absolute Gasteiger partial charge is 0.273 e. The lowest BCUT2D eigenvalue weighted by molar-refractivity contribution is -0.385. The summed E-state index contributed by atoms with van der Waals surface area (Å²) in [5.41, 5.74) is 1.36. The summed E-state index contributed by atoms with van der Waals surface area (Å²) in [4.78, 5) is 36.9. The van der Waals surface area contributed by atoms with Gasteiger partial charge in [0.15, 0.2) is 11.6 Å². The Morgan fingerprint density at radius 1 is 0.920 bits per heavy atom. The minimum Gasteiger partial charge on any atom is -0.294 e. The summed E-state index contributed by atoms with van der Waals surface area (Å²) < 4.78 is 0. The summed E-state index contributed by atoms with van der Waals surface area (Å²) in [5.74, 6) is -1.67. The normalized spacial score (nSPS) is 24.6. The van der Waals surface area contributed by atoms with Gasteiger partial charge in [0.1, 0.15) is 0 Å². The molecule has 124 valence electrons. The van der Waals surface area contributed by atoms with Crippen molar-refractivity contribution in [3.63, 3.8) is 0 Å². The average Bonchev–Trinajstić information content (AvgIpc) is 2.65. The molecular formula is C20H15NO4. The van der Waals surface area contributed by atoms with Crippen LogP contribution in [0.25, 0.3) is 0 Å². The van der Waals surface area contributed by atoms with Crippen LogP contribution in [0.3, 0.4) is 0 Å². The molecule has 2 aliphatic rings. The quantitative estimate of drug-likeness (QED) is 0.473. The van der Waals surface area contributed by atoms with E-state index < -0.39 is 22.7 Å². The van der Waals surface area contributed by atoms with Gasteiger partial charge in [-0.25, -0.2) is 0 Å². The van der Waals surface area contributed by atoms with Crippen molar-refractivity contribution in [1.82, 2.24) is 0 Å². The largest absolute Gasteiger partial charge is 0.294 e. The molecular weight excluding hydrogens is 318 g/mol. The monoisotopic (exact) mass is 333 g/mol. The number of allylic oxidation sites excluding steroid dienone is 2. The Hall–Kier alpha value is -3.08. The Morgan fingerprint density at radius 3 is 2.28 bits per heavy atom. The first-order chi connectivity index (χ1) is 12.1. The standard InChI is InChI=1S/C20H15NO4/c22-19-14-7-1-2-8-15(14)20(23)18-13(9-5-10-16(18)19)12-6-3-4-11-17(12)21(24)25/h1-9,11,13,16,18H,10H2. The number of carbonyl (C=O) groups is 2. The zero-order valence-corrected chi connectivity index (χ0v) is 13.3. The number of rotatable bonds is 2. The fraction of sp³-hybridized carbons (Fsp3) is 0.200. The topological polar surface area (TPSA) is 77.3 Å². The second-order valence-electron chi connectivity index (χ2n) is 6.41. The number of Topliss-reactive ketones (excluding diaryl/α,β-unsaturated/α-hetero) is 2. The molecule has 3 atom stereocenters. The van der Waals surface area contributed by atoms with Crippen molar-refractivity contribution >= 4 is 17.3 Å². The maximum Gasteiger partial charge on any atom is 0.273 e. The molecule has 0 amide bonds. The molecule has 0 fully saturated rings. The predicted molar refractivity (Wildman–Crippen MR) is 91.7 cm³/mol. The number of hydrogen-bond acceptors (Lipinski definition) is 4. The predicted octanol–water partition coefficient (Wildman–Crippen LogP) is 3.95. The number of para-hydroxylation sites is 1. The van der Waals surface area contributed by atoms with Crippen LogP contribution in [0.4, 0.5) is 5.69 Å². The molecule has 0 bridgehead atoms. The minimum atomic E-state index is -0.589. The third-order valence-electron chi connectivity index (χ3n) is 5.14. The van der Waals surface area contributed by atoms with Gasteiger partial charge in [-0.05, 0) is 6.42 Å². The van der Waals surface area contributed by atoms with Crippen molar-refractivity contribution in [3.05, 3.63) is 87.5 Å². The highest BCUT2D eigenvalue weighted by molar-refractivity contribution is 6.16.